The topological polar surface area (TPSA) is 44.5 Å². The van der Waals surface area contributed by atoms with Gasteiger partial charge in [0.25, 0.3) is 0 Å². The number of hydrogen-bond donors (Lipinski definition) is 1. The van der Waals surface area contributed by atoms with E-state index in [-0.39, 0.29) is 17.0 Å². The van der Waals surface area contributed by atoms with Crippen molar-refractivity contribution in [3.05, 3.63) is 59.4 Å². The lowest BCUT2D eigenvalue weighted by atomic mass is 9.64. The van der Waals surface area contributed by atoms with Gasteiger partial charge in [-0.3, -0.25) is 0 Å². The molecule has 0 amide bonds. The molecule has 1 fully saturated rings. The molecule has 23 heavy (non-hydrogen) atoms. The zero-order chi connectivity index (χ0) is 16.3. The first-order chi connectivity index (χ1) is 11.2. The molecule has 0 saturated heterocycles. The quantitative estimate of drug-likeness (QED) is 0.882. The molecular weight excluding hydrogens is 293 g/mol. The Morgan fingerprint density at radius 2 is 1.78 bits per heavy atom. The number of rotatable bonds is 6. The first-order valence-electron chi connectivity index (χ1n) is 7.94. The lowest BCUT2D eigenvalue weighted by molar-refractivity contribution is 0.227. The van der Waals surface area contributed by atoms with Gasteiger partial charge in [0.2, 0.25) is 0 Å². The van der Waals surface area contributed by atoms with E-state index in [9.17, 15) is 0 Å². The van der Waals surface area contributed by atoms with Crippen LogP contribution in [-0.2, 0) is 12.0 Å². The SMILES string of the molecule is COc1ccc(OCc2ccccc2)c(F)c1C1(CN)CCC1. The summed E-state index contributed by atoms with van der Waals surface area (Å²) in [6.45, 7) is 0.752. The van der Waals surface area contributed by atoms with Gasteiger partial charge in [-0.05, 0) is 30.5 Å². The smallest absolute Gasteiger partial charge is 0.172 e. The van der Waals surface area contributed by atoms with Gasteiger partial charge >= 0.3 is 0 Å². The van der Waals surface area contributed by atoms with Crippen LogP contribution in [0.2, 0.25) is 0 Å². The maximum atomic E-state index is 15.1. The molecule has 3 nitrogen and oxygen atoms in total. The number of nitrogens with two attached hydrogens (primary N) is 1. The van der Waals surface area contributed by atoms with E-state index in [4.69, 9.17) is 15.2 Å². The Labute approximate surface area is 136 Å². The van der Waals surface area contributed by atoms with Gasteiger partial charge in [0, 0.05) is 17.5 Å². The van der Waals surface area contributed by atoms with Crippen LogP contribution >= 0.6 is 0 Å². The van der Waals surface area contributed by atoms with Crippen molar-refractivity contribution in [3.8, 4) is 11.5 Å². The molecule has 2 N–H and O–H groups in total. The van der Waals surface area contributed by atoms with E-state index in [1.807, 2.05) is 30.3 Å². The minimum atomic E-state index is -0.342. The predicted molar refractivity (Wildman–Crippen MR) is 88.3 cm³/mol. The monoisotopic (exact) mass is 315 g/mol. The summed E-state index contributed by atoms with van der Waals surface area (Å²) >= 11 is 0. The molecule has 0 bridgehead atoms. The third kappa shape index (κ3) is 2.91. The van der Waals surface area contributed by atoms with E-state index in [2.05, 4.69) is 0 Å². The summed E-state index contributed by atoms with van der Waals surface area (Å²) in [5, 5.41) is 0. The van der Waals surface area contributed by atoms with Crippen molar-refractivity contribution >= 4 is 0 Å². The molecular formula is C19H22FNO2. The third-order valence-electron chi connectivity index (χ3n) is 4.76. The standard InChI is InChI=1S/C19H22FNO2/c1-22-15-8-9-16(23-12-14-6-3-2-4-7-14)18(20)17(15)19(13-21)10-5-11-19/h2-4,6-9H,5,10-13,21H2,1H3. The molecule has 1 aliphatic rings. The van der Waals surface area contributed by atoms with Gasteiger partial charge in [-0.2, -0.15) is 0 Å². The predicted octanol–water partition coefficient (Wildman–Crippen LogP) is 3.79. The molecule has 0 spiro atoms. The zero-order valence-electron chi connectivity index (χ0n) is 13.3. The van der Waals surface area contributed by atoms with Crippen LogP contribution in [0.4, 0.5) is 4.39 Å². The van der Waals surface area contributed by atoms with E-state index in [0.29, 0.717) is 24.5 Å². The zero-order valence-corrected chi connectivity index (χ0v) is 13.3. The fraction of sp³-hybridized carbons (Fsp3) is 0.368. The molecule has 3 rings (SSSR count). The number of halogens is 1. The molecule has 0 unspecified atom stereocenters. The van der Waals surface area contributed by atoms with Crippen LogP contribution in [0.15, 0.2) is 42.5 Å². The van der Waals surface area contributed by atoms with Crippen molar-refractivity contribution in [2.45, 2.75) is 31.3 Å². The highest BCUT2D eigenvalue weighted by Crippen LogP contribution is 2.49. The molecule has 122 valence electrons. The van der Waals surface area contributed by atoms with Crippen LogP contribution in [0.1, 0.15) is 30.4 Å². The van der Waals surface area contributed by atoms with E-state index >= 15 is 4.39 Å². The Morgan fingerprint density at radius 1 is 1.09 bits per heavy atom. The highest BCUT2D eigenvalue weighted by Gasteiger charge is 2.42. The summed E-state index contributed by atoms with van der Waals surface area (Å²) in [5.41, 5.74) is 7.20. The maximum Gasteiger partial charge on any atom is 0.172 e. The normalized spacial score (nSPS) is 15.8. The summed E-state index contributed by atoms with van der Waals surface area (Å²) < 4.78 is 26.1. The first-order valence-corrected chi connectivity index (χ1v) is 7.94. The van der Waals surface area contributed by atoms with Crippen molar-refractivity contribution in [3.63, 3.8) is 0 Å². The first kappa shape index (κ1) is 15.8. The van der Waals surface area contributed by atoms with E-state index in [0.717, 1.165) is 24.8 Å². The molecule has 0 radical (unpaired) electrons. The number of methoxy groups -OCH3 is 1. The highest BCUT2D eigenvalue weighted by molar-refractivity contribution is 5.48. The molecule has 1 saturated carbocycles. The highest BCUT2D eigenvalue weighted by atomic mass is 19.1. The summed E-state index contributed by atoms with van der Waals surface area (Å²) in [4.78, 5) is 0. The largest absolute Gasteiger partial charge is 0.496 e. The molecule has 0 heterocycles. The Balaban J connectivity index is 1.90. The average Bonchev–Trinajstić information content (AvgIpc) is 2.55. The summed E-state index contributed by atoms with van der Waals surface area (Å²) in [6, 6.07) is 13.1. The lowest BCUT2D eigenvalue weighted by Gasteiger charge is -2.42. The Kier molecular flexibility index (Phi) is 4.53. The summed E-state index contributed by atoms with van der Waals surface area (Å²) in [6.07, 6.45) is 2.84. The molecule has 2 aromatic carbocycles. The van der Waals surface area contributed by atoms with Crippen LogP contribution in [0, 0.1) is 5.82 Å². The van der Waals surface area contributed by atoms with Gasteiger partial charge in [-0.25, -0.2) is 4.39 Å². The molecule has 0 atom stereocenters. The van der Waals surface area contributed by atoms with Gasteiger partial charge in [0.1, 0.15) is 12.4 Å². The second-order valence-corrected chi connectivity index (χ2v) is 6.07. The van der Waals surface area contributed by atoms with E-state index in [1.165, 1.54) is 0 Å². The summed E-state index contributed by atoms with van der Waals surface area (Å²) in [7, 11) is 1.56. The van der Waals surface area contributed by atoms with Crippen molar-refractivity contribution in [1.82, 2.24) is 0 Å². The van der Waals surface area contributed by atoms with Crippen LogP contribution in [0.25, 0.3) is 0 Å². The average molecular weight is 315 g/mol. The molecule has 1 aliphatic carbocycles. The molecule has 2 aromatic rings. The van der Waals surface area contributed by atoms with Gasteiger partial charge in [0.05, 0.1) is 7.11 Å². The molecule has 0 aliphatic heterocycles. The molecule has 0 aromatic heterocycles. The summed E-state index contributed by atoms with van der Waals surface area (Å²) in [5.74, 6) is 0.467. The minimum absolute atomic E-state index is 0.254. The maximum absolute atomic E-state index is 15.1. The number of benzene rings is 2. The van der Waals surface area contributed by atoms with Crippen molar-refractivity contribution in [1.29, 1.82) is 0 Å². The van der Waals surface area contributed by atoms with Crippen molar-refractivity contribution in [2.24, 2.45) is 5.73 Å². The van der Waals surface area contributed by atoms with Gasteiger partial charge in [-0.15, -0.1) is 0 Å². The lowest BCUT2D eigenvalue weighted by Crippen LogP contribution is -2.42. The van der Waals surface area contributed by atoms with Crippen LogP contribution in [0.3, 0.4) is 0 Å². The van der Waals surface area contributed by atoms with Crippen LogP contribution < -0.4 is 15.2 Å². The fourth-order valence-corrected chi connectivity index (χ4v) is 3.21. The molecule has 4 heteroatoms. The van der Waals surface area contributed by atoms with Crippen molar-refractivity contribution < 1.29 is 13.9 Å². The second-order valence-electron chi connectivity index (χ2n) is 6.07. The second kappa shape index (κ2) is 6.59. The third-order valence-corrected chi connectivity index (χ3v) is 4.76. The Morgan fingerprint density at radius 3 is 2.35 bits per heavy atom. The van der Waals surface area contributed by atoms with Gasteiger partial charge < -0.3 is 15.2 Å². The van der Waals surface area contributed by atoms with Crippen LogP contribution in [0.5, 0.6) is 11.5 Å². The number of hydrogen-bond acceptors (Lipinski definition) is 3. The Hall–Kier alpha value is -2.07. The van der Waals surface area contributed by atoms with Crippen molar-refractivity contribution in [2.75, 3.05) is 13.7 Å². The van der Waals surface area contributed by atoms with Gasteiger partial charge in [0.15, 0.2) is 11.6 Å². The van der Waals surface area contributed by atoms with Gasteiger partial charge in [-0.1, -0.05) is 36.8 Å². The Bertz CT molecular complexity index is 663. The minimum Gasteiger partial charge on any atom is -0.496 e. The van der Waals surface area contributed by atoms with Crippen LogP contribution in [-0.4, -0.2) is 13.7 Å². The fourth-order valence-electron chi connectivity index (χ4n) is 3.21. The van der Waals surface area contributed by atoms with E-state index < -0.39 is 0 Å². The number of ether oxygens (including phenoxy) is 2. The van der Waals surface area contributed by atoms with E-state index in [1.54, 1.807) is 19.2 Å².